The number of pyridine rings is 1. The molecule has 226 valence electrons. The number of benzene rings is 2. The zero-order chi connectivity index (χ0) is 30.8. The Kier molecular flexibility index (Phi) is 7.95. The largest absolute Gasteiger partial charge is 0.481 e. The second-order valence-corrected chi connectivity index (χ2v) is 11.8. The predicted octanol–water partition coefficient (Wildman–Crippen LogP) is 6.30. The first-order valence-corrected chi connectivity index (χ1v) is 15.1. The molecule has 2 saturated carbocycles. The van der Waals surface area contributed by atoms with Crippen LogP contribution in [0.5, 0.6) is 5.88 Å². The number of carboxylic acid groups (broad SMARTS) is 1. The lowest BCUT2D eigenvalue weighted by Crippen LogP contribution is -2.61. The molecule has 0 unspecified atom stereocenters. The minimum Gasteiger partial charge on any atom is -0.481 e. The van der Waals surface area contributed by atoms with Crippen molar-refractivity contribution in [3.63, 3.8) is 0 Å². The van der Waals surface area contributed by atoms with E-state index in [1.807, 2.05) is 43.6 Å². The fraction of sp³-hybridized carbons (Fsp3) is 0.314. The zero-order valence-electron chi connectivity index (χ0n) is 24.9. The average Bonchev–Trinajstić information content (AvgIpc) is 3.64. The highest BCUT2D eigenvalue weighted by atomic mass is 16.5. The summed E-state index contributed by atoms with van der Waals surface area (Å²) in [6, 6.07) is 16.6. The summed E-state index contributed by atoms with van der Waals surface area (Å²) in [4.78, 5) is 42.3. The minimum absolute atomic E-state index is 0.260. The van der Waals surface area contributed by atoms with Gasteiger partial charge in [-0.25, -0.2) is 9.78 Å². The monoisotopic (exact) mass is 592 g/mol. The van der Waals surface area contributed by atoms with Gasteiger partial charge in [-0.05, 0) is 85.6 Å². The molecule has 44 heavy (non-hydrogen) atoms. The average molecular weight is 593 g/mol. The summed E-state index contributed by atoms with van der Waals surface area (Å²) >= 11 is 0. The highest BCUT2D eigenvalue weighted by molar-refractivity contribution is 6.06. The van der Waals surface area contributed by atoms with Crippen molar-refractivity contribution in [2.45, 2.75) is 56.4 Å². The number of carbonyl (C=O) groups excluding carboxylic acids is 2. The van der Waals surface area contributed by atoms with Crippen LogP contribution in [0.3, 0.4) is 0 Å². The highest BCUT2D eigenvalue weighted by Gasteiger charge is 2.45. The van der Waals surface area contributed by atoms with Crippen molar-refractivity contribution in [1.82, 2.24) is 14.9 Å². The molecule has 2 aliphatic carbocycles. The summed E-state index contributed by atoms with van der Waals surface area (Å²) < 4.78 is 7.44. The van der Waals surface area contributed by atoms with Crippen molar-refractivity contribution in [3.8, 4) is 17.1 Å². The number of aliphatic carboxylic acids is 1. The molecule has 2 heterocycles. The molecule has 3 N–H and O–H groups in total. The van der Waals surface area contributed by atoms with Crippen LogP contribution in [0.2, 0.25) is 0 Å². The van der Waals surface area contributed by atoms with Crippen molar-refractivity contribution in [2.75, 3.05) is 12.4 Å². The minimum atomic E-state index is -1.03. The van der Waals surface area contributed by atoms with Crippen LogP contribution in [-0.4, -0.2) is 45.1 Å². The SMILES string of the molecule is COc1ccc(-c2c(C3CCCC3)c3ccc(C(=O)NC4(C(=O)Nc5ccc(/C=C/C(=O)O)cc5)CCC4)cc3n2C)cn1. The first-order valence-electron chi connectivity index (χ1n) is 15.1. The van der Waals surface area contributed by atoms with Crippen molar-refractivity contribution >= 4 is 40.4 Å². The van der Waals surface area contributed by atoms with Crippen LogP contribution in [0.4, 0.5) is 5.69 Å². The van der Waals surface area contributed by atoms with Gasteiger partial charge in [0.25, 0.3) is 5.91 Å². The maximum atomic E-state index is 13.6. The normalized spacial score (nSPS) is 16.1. The molecule has 2 fully saturated rings. The molecule has 9 nitrogen and oxygen atoms in total. The van der Waals surface area contributed by atoms with Gasteiger partial charge < -0.3 is 25.0 Å². The van der Waals surface area contributed by atoms with Crippen LogP contribution >= 0.6 is 0 Å². The van der Waals surface area contributed by atoms with E-state index in [0.717, 1.165) is 47.5 Å². The van der Waals surface area contributed by atoms with Gasteiger partial charge >= 0.3 is 5.97 Å². The maximum Gasteiger partial charge on any atom is 0.328 e. The number of nitrogens with one attached hydrogen (secondary N) is 2. The standard InChI is InChI=1S/C35H36N4O5/c1-39-28-20-24(11-15-27(28)31(23-6-3-4-7-23)32(39)25-12-16-29(44-2)36-21-25)33(42)38-35(18-5-19-35)34(43)37-26-13-8-22(9-14-26)10-17-30(40)41/h8-17,20-21,23H,3-7,18-19H2,1-2H3,(H,37,43)(H,38,42)(H,40,41)/b17-10+. The van der Waals surface area contributed by atoms with Gasteiger partial charge in [-0.15, -0.1) is 0 Å². The summed E-state index contributed by atoms with van der Waals surface area (Å²) in [6.45, 7) is 0. The number of rotatable bonds is 9. The zero-order valence-corrected chi connectivity index (χ0v) is 24.9. The molecular weight excluding hydrogens is 556 g/mol. The fourth-order valence-corrected chi connectivity index (χ4v) is 6.55. The van der Waals surface area contributed by atoms with Crippen LogP contribution in [0.25, 0.3) is 28.2 Å². The van der Waals surface area contributed by atoms with E-state index in [0.29, 0.717) is 41.5 Å². The summed E-state index contributed by atoms with van der Waals surface area (Å²) in [7, 11) is 3.64. The van der Waals surface area contributed by atoms with Gasteiger partial charge in [0.15, 0.2) is 0 Å². The van der Waals surface area contributed by atoms with Crippen LogP contribution in [0, 0.1) is 0 Å². The Morgan fingerprint density at radius 3 is 2.39 bits per heavy atom. The molecule has 0 atom stereocenters. The van der Waals surface area contributed by atoms with Gasteiger partial charge in [0.05, 0.1) is 12.8 Å². The van der Waals surface area contributed by atoms with E-state index in [1.165, 1.54) is 24.5 Å². The number of carboxylic acids is 1. The number of ether oxygens (including phenoxy) is 1. The van der Waals surface area contributed by atoms with Crippen LogP contribution in [-0.2, 0) is 16.6 Å². The first kappa shape index (κ1) is 29.2. The number of aryl methyl sites for hydroxylation is 1. The number of fused-ring (bicyclic) bond motifs is 1. The Hall–Kier alpha value is -4.92. The second kappa shape index (κ2) is 12.0. The Labute approximate surface area is 255 Å². The molecule has 4 aromatic rings. The number of anilines is 1. The van der Waals surface area contributed by atoms with Crippen LogP contribution in [0.1, 0.15) is 72.3 Å². The Morgan fingerprint density at radius 1 is 1.02 bits per heavy atom. The second-order valence-electron chi connectivity index (χ2n) is 11.8. The molecule has 2 aromatic heterocycles. The highest BCUT2D eigenvalue weighted by Crippen LogP contribution is 2.45. The summed E-state index contributed by atoms with van der Waals surface area (Å²) in [5.41, 5.74) is 5.19. The van der Waals surface area contributed by atoms with E-state index < -0.39 is 11.5 Å². The van der Waals surface area contributed by atoms with E-state index in [1.54, 1.807) is 31.4 Å². The fourth-order valence-electron chi connectivity index (χ4n) is 6.55. The van der Waals surface area contributed by atoms with Crippen molar-refractivity contribution in [3.05, 3.63) is 83.6 Å². The molecular formula is C35H36N4O5. The first-order chi connectivity index (χ1) is 21.3. The number of amides is 2. The van der Waals surface area contributed by atoms with E-state index >= 15 is 0 Å². The predicted molar refractivity (Wildman–Crippen MR) is 170 cm³/mol. The molecule has 0 spiro atoms. The number of carbonyl (C=O) groups is 3. The lowest BCUT2D eigenvalue weighted by Gasteiger charge is -2.40. The molecule has 2 aromatic carbocycles. The Morgan fingerprint density at radius 2 is 1.77 bits per heavy atom. The third kappa shape index (κ3) is 5.57. The third-order valence-electron chi connectivity index (χ3n) is 9.07. The molecule has 0 saturated heterocycles. The van der Waals surface area contributed by atoms with E-state index in [2.05, 4.69) is 20.2 Å². The molecule has 6 rings (SSSR count). The quantitative estimate of drug-likeness (QED) is 0.196. The molecule has 2 aliphatic rings. The number of nitrogens with zero attached hydrogens (tertiary/aromatic N) is 2. The third-order valence-corrected chi connectivity index (χ3v) is 9.07. The maximum absolute atomic E-state index is 13.6. The lowest BCUT2D eigenvalue weighted by atomic mass is 9.75. The van der Waals surface area contributed by atoms with E-state index in [-0.39, 0.29) is 11.8 Å². The molecule has 2 amide bonds. The van der Waals surface area contributed by atoms with Gasteiger partial charge in [0.1, 0.15) is 5.54 Å². The number of hydrogen-bond donors (Lipinski definition) is 3. The topological polar surface area (TPSA) is 123 Å². The van der Waals surface area contributed by atoms with Crippen LogP contribution in [0.15, 0.2) is 66.9 Å². The van der Waals surface area contributed by atoms with Gasteiger partial charge in [0, 0.05) is 53.1 Å². The number of hydrogen-bond acceptors (Lipinski definition) is 5. The number of aromatic nitrogens is 2. The lowest BCUT2D eigenvalue weighted by molar-refractivity contribution is -0.131. The summed E-state index contributed by atoms with van der Waals surface area (Å²) in [5.74, 6) is -0.566. The molecule has 0 radical (unpaired) electrons. The van der Waals surface area contributed by atoms with Crippen LogP contribution < -0.4 is 15.4 Å². The van der Waals surface area contributed by atoms with Gasteiger partial charge in [0.2, 0.25) is 11.8 Å². The van der Waals surface area contributed by atoms with Gasteiger partial charge in [-0.3, -0.25) is 9.59 Å². The van der Waals surface area contributed by atoms with Gasteiger partial charge in [-0.2, -0.15) is 0 Å². The smallest absolute Gasteiger partial charge is 0.328 e. The Bertz CT molecular complexity index is 1740. The van der Waals surface area contributed by atoms with Crippen molar-refractivity contribution in [1.29, 1.82) is 0 Å². The van der Waals surface area contributed by atoms with E-state index in [4.69, 9.17) is 9.84 Å². The van der Waals surface area contributed by atoms with Gasteiger partial charge in [-0.1, -0.05) is 31.0 Å². The van der Waals surface area contributed by atoms with E-state index in [9.17, 15) is 14.4 Å². The summed E-state index contributed by atoms with van der Waals surface area (Å²) in [6.07, 6.45) is 11.0. The molecule has 0 aliphatic heterocycles. The van der Waals surface area contributed by atoms with Crippen molar-refractivity contribution in [2.24, 2.45) is 7.05 Å². The molecule has 9 heteroatoms. The number of methoxy groups -OCH3 is 1. The molecule has 0 bridgehead atoms. The van der Waals surface area contributed by atoms with Crippen molar-refractivity contribution < 1.29 is 24.2 Å². The summed E-state index contributed by atoms with van der Waals surface area (Å²) in [5, 5.41) is 15.9. The Balaban J connectivity index is 1.26.